The van der Waals surface area contributed by atoms with E-state index in [1.54, 1.807) is 0 Å². The molecule has 0 radical (unpaired) electrons. The molecule has 2 heterocycles. The second-order valence-electron chi connectivity index (χ2n) is 1.76. The third-order valence-electron chi connectivity index (χ3n) is 1.16. The van der Waals surface area contributed by atoms with E-state index < -0.39 is 5.91 Å². The molecule has 0 N–H and O–H groups in total. The molecular weight excluding hydrogens is 132 g/mol. The van der Waals surface area contributed by atoms with E-state index in [4.69, 9.17) is 0 Å². The molecule has 5 heteroatoms. The maximum Gasteiger partial charge on any atom is 0.316 e. The van der Waals surface area contributed by atoms with Gasteiger partial charge < -0.3 is 0 Å². The van der Waals surface area contributed by atoms with Crippen LogP contribution in [0.4, 0.5) is 0 Å². The molecule has 48 valence electrons. The molecular formula is C5H2N4O. The highest BCUT2D eigenvalue weighted by atomic mass is 16.2. The van der Waals surface area contributed by atoms with E-state index in [0.29, 0.717) is 5.70 Å². The molecule has 0 fully saturated rings. The Labute approximate surface area is 55.9 Å². The topological polar surface area (TPSA) is 66.5 Å². The molecule has 2 rings (SSSR count). The van der Waals surface area contributed by atoms with Crippen LogP contribution in [0.5, 0.6) is 0 Å². The molecule has 10 heavy (non-hydrogen) atoms. The lowest BCUT2D eigenvalue weighted by Crippen LogP contribution is -2.12. The Bertz CT molecular complexity index is 304. The normalized spacial score (nSPS) is 20.6. The van der Waals surface area contributed by atoms with Crippen LogP contribution in [-0.2, 0) is 4.79 Å². The fourth-order valence-corrected chi connectivity index (χ4v) is 0.719. The number of hydrogen-bond donors (Lipinski definition) is 0. The van der Waals surface area contributed by atoms with E-state index in [0.717, 1.165) is 0 Å². The Hall–Kier alpha value is -1.65. The summed E-state index contributed by atoms with van der Waals surface area (Å²) in [5.74, 6) is -0.421. The third kappa shape index (κ3) is 0.540. The number of fused-ring (bicyclic) bond motifs is 1. The molecule has 1 amide bonds. The predicted octanol–water partition coefficient (Wildman–Crippen LogP) is 0.303. The van der Waals surface area contributed by atoms with Crippen LogP contribution >= 0.6 is 0 Å². The Morgan fingerprint density at radius 2 is 2.30 bits per heavy atom. The maximum absolute atomic E-state index is 10.8. The summed E-state index contributed by atoms with van der Waals surface area (Å²) >= 11 is 0. The van der Waals surface area contributed by atoms with Gasteiger partial charge in [-0.25, -0.2) is 9.98 Å². The van der Waals surface area contributed by atoms with Crippen molar-refractivity contribution in [3.63, 3.8) is 0 Å². The zero-order chi connectivity index (χ0) is 6.97. The van der Waals surface area contributed by atoms with Gasteiger partial charge in [-0.05, 0) is 0 Å². The highest BCUT2D eigenvalue weighted by molar-refractivity contribution is 6.48. The van der Waals surface area contributed by atoms with Crippen molar-refractivity contribution < 1.29 is 4.79 Å². The molecule has 0 aromatic carbocycles. The van der Waals surface area contributed by atoms with Gasteiger partial charge in [0.1, 0.15) is 12.0 Å². The van der Waals surface area contributed by atoms with Crippen LogP contribution < -0.4 is 0 Å². The zero-order valence-corrected chi connectivity index (χ0v) is 4.85. The van der Waals surface area contributed by atoms with Gasteiger partial charge in [0, 0.05) is 0 Å². The number of nitrogens with zero attached hydrogens (tertiary/aromatic N) is 4. The minimum atomic E-state index is -0.421. The summed E-state index contributed by atoms with van der Waals surface area (Å²) in [4.78, 5) is 18.2. The molecule has 0 aromatic heterocycles. The number of aliphatic imine (C=N–C) groups is 2. The van der Waals surface area contributed by atoms with E-state index in [-0.39, 0.29) is 5.71 Å². The molecule has 0 bridgehead atoms. The van der Waals surface area contributed by atoms with Crippen molar-refractivity contribution >= 4 is 18.0 Å². The van der Waals surface area contributed by atoms with E-state index in [9.17, 15) is 4.79 Å². The van der Waals surface area contributed by atoms with Crippen LogP contribution in [-0.4, -0.2) is 18.0 Å². The van der Waals surface area contributed by atoms with Crippen LogP contribution in [0.15, 0.2) is 32.1 Å². The van der Waals surface area contributed by atoms with Gasteiger partial charge in [-0.3, -0.25) is 4.79 Å². The second-order valence-corrected chi connectivity index (χ2v) is 1.76. The van der Waals surface area contributed by atoms with Crippen molar-refractivity contribution in [3.8, 4) is 0 Å². The minimum Gasteiger partial charge on any atom is -0.263 e. The van der Waals surface area contributed by atoms with Gasteiger partial charge in [0.2, 0.25) is 0 Å². The average molecular weight is 134 g/mol. The number of amides is 1. The zero-order valence-electron chi connectivity index (χ0n) is 4.85. The monoisotopic (exact) mass is 134 g/mol. The summed E-state index contributed by atoms with van der Waals surface area (Å²) in [5.41, 5.74) is 0.787. The lowest BCUT2D eigenvalue weighted by molar-refractivity contribution is -0.112. The first kappa shape index (κ1) is 5.16. The molecule has 0 spiro atoms. The number of hydrogen-bond acceptors (Lipinski definition) is 4. The molecule has 0 unspecified atom stereocenters. The number of rotatable bonds is 0. The highest BCUT2D eigenvalue weighted by Crippen LogP contribution is 2.11. The standard InChI is InChI=1S/C5H2N4O/c10-5-4-3(1-8-9-5)6-2-7-4/h1-2H. The van der Waals surface area contributed by atoms with Crippen LogP contribution in [0.1, 0.15) is 0 Å². The van der Waals surface area contributed by atoms with Gasteiger partial charge in [-0.2, -0.15) is 5.11 Å². The minimum absolute atomic E-state index is 0.287. The molecule has 0 atom stereocenters. The first-order valence-electron chi connectivity index (χ1n) is 2.64. The molecule has 2 aliphatic rings. The van der Waals surface area contributed by atoms with Crippen molar-refractivity contribution in [2.24, 2.45) is 20.2 Å². The quantitative estimate of drug-likeness (QED) is 0.469. The van der Waals surface area contributed by atoms with Crippen LogP contribution in [0.25, 0.3) is 0 Å². The lowest BCUT2D eigenvalue weighted by Gasteiger charge is -1.96. The molecule has 0 saturated heterocycles. The molecule has 0 aliphatic carbocycles. The van der Waals surface area contributed by atoms with Crippen molar-refractivity contribution in [3.05, 3.63) is 11.9 Å². The summed E-state index contributed by atoms with van der Waals surface area (Å²) in [6.07, 6.45) is 2.72. The van der Waals surface area contributed by atoms with Gasteiger partial charge in [0.25, 0.3) is 0 Å². The summed E-state index contributed by atoms with van der Waals surface area (Å²) in [6, 6.07) is 0. The van der Waals surface area contributed by atoms with Gasteiger partial charge in [-0.15, -0.1) is 5.11 Å². The highest BCUT2D eigenvalue weighted by Gasteiger charge is 2.21. The van der Waals surface area contributed by atoms with Crippen molar-refractivity contribution in [1.82, 2.24) is 0 Å². The fraction of sp³-hybridized carbons (Fsp3) is 0. The van der Waals surface area contributed by atoms with Crippen LogP contribution in [0, 0.1) is 0 Å². The number of carbonyl (C=O) groups excluding carboxylic acids is 1. The van der Waals surface area contributed by atoms with E-state index in [1.165, 1.54) is 12.5 Å². The van der Waals surface area contributed by atoms with Crippen molar-refractivity contribution in [1.29, 1.82) is 0 Å². The Morgan fingerprint density at radius 3 is 3.10 bits per heavy atom. The van der Waals surface area contributed by atoms with Crippen molar-refractivity contribution in [2.45, 2.75) is 0 Å². The van der Waals surface area contributed by atoms with Crippen LogP contribution in [0.2, 0.25) is 0 Å². The second kappa shape index (κ2) is 1.66. The summed E-state index contributed by atoms with van der Waals surface area (Å²) in [5, 5.41) is 6.69. The van der Waals surface area contributed by atoms with E-state index >= 15 is 0 Å². The smallest absolute Gasteiger partial charge is 0.263 e. The van der Waals surface area contributed by atoms with Gasteiger partial charge in [0.15, 0.2) is 5.71 Å². The van der Waals surface area contributed by atoms with Crippen molar-refractivity contribution in [2.75, 3.05) is 0 Å². The Balaban J connectivity index is 2.54. The third-order valence-corrected chi connectivity index (χ3v) is 1.16. The summed E-state index contributed by atoms with van der Waals surface area (Å²) in [7, 11) is 0. The molecule has 2 aliphatic heterocycles. The average Bonchev–Trinajstić information content (AvgIpc) is 2.36. The molecule has 0 aromatic rings. The predicted molar refractivity (Wildman–Crippen MR) is 33.9 cm³/mol. The molecule has 5 nitrogen and oxygen atoms in total. The largest absolute Gasteiger partial charge is 0.316 e. The van der Waals surface area contributed by atoms with Gasteiger partial charge in [0.05, 0.1) is 6.20 Å². The lowest BCUT2D eigenvalue weighted by atomic mass is 10.3. The van der Waals surface area contributed by atoms with E-state index in [1.807, 2.05) is 0 Å². The van der Waals surface area contributed by atoms with Crippen LogP contribution in [0.3, 0.4) is 0 Å². The van der Waals surface area contributed by atoms with Gasteiger partial charge >= 0.3 is 5.91 Å². The maximum atomic E-state index is 10.8. The van der Waals surface area contributed by atoms with Gasteiger partial charge in [-0.1, -0.05) is 0 Å². The Kier molecular flexibility index (Phi) is 0.858. The number of carbonyl (C=O) groups is 1. The Morgan fingerprint density at radius 1 is 1.40 bits per heavy atom. The number of azo groups is 1. The summed E-state index contributed by atoms with van der Waals surface area (Å²) in [6.45, 7) is 0. The SMILES string of the molecule is O=C1N=NC=C2N=CN=C12. The van der Waals surface area contributed by atoms with E-state index in [2.05, 4.69) is 20.2 Å². The fourth-order valence-electron chi connectivity index (χ4n) is 0.719. The molecule has 0 saturated carbocycles. The summed E-state index contributed by atoms with van der Waals surface area (Å²) < 4.78 is 0. The first-order valence-corrected chi connectivity index (χ1v) is 2.64. The first-order chi connectivity index (χ1) is 4.88.